The van der Waals surface area contributed by atoms with Crippen molar-refractivity contribution >= 4 is 22.7 Å². The van der Waals surface area contributed by atoms with Gasteiger partial charge in [0.2, 0.25) is 0 Å². The first kappa shape index (κ1) is 13.3. The number of para-hydroxylation sites is 1. The highest BCUT2D eigenvalue weighted by Gasteiger charge is 2.16. The molecule has 0 bridgehead atoms. The van der Waals surface area contributed by atoms with Crippen molar-refractivity contribution in [2.75, 3.05) is 12.4 Å². The van der Waals surface area contributed by atoms with Gasteiger partial charge in [-0.15, -0.1) is 11.8 Å². The van der Waals surface area contributed by atoms with Crippen LogP contribution in [0.15, 0.2) is 35.6 Å². The van der Waals surface area contributed by atoms with Crippen LogP contribution in [0, 0.1) is 0 Å². The summed E-state index contributed by atoms with van der Waals surface area (Å²) in [4.78, 5) is 8.53. The smallest absolute Gasteiger partial charge is 0.117 e. The second kappa shape index (κ2) is 5.65. The topological polar surface area (TPSA) is 72.0 Å². The van der Waals surface area contributed by atoms with E-state index >= 15 is 0 Å². The van der Waals surface area contributed by atoms with Gasteiger partial charge in [0.25, 0.3) is 0 Å². The number of fused-ring (bicyclic) bond motifs is 1. The summed E-state index contributed by atoms with van der Waals surface area (Å²) in [5.74, 6) is 0.828. The van der Waals surface area contributed by atoms with Crippen LogP contribution in [0.25, 0.3) is 10.9 Å². The van der Waals surface area contributed by atoms with E-state index in [0.717, 1.165) is 28.1 Å². The van der Waals surface area contributed by atoms with E-state index in [9.17, 15) is 0 Å². The fourth-order valence-electron chi connectivity index (χ4n) is 1.56. The summed E-state index contributed by atoms with van der Waals surface area (Å²) < 4.78 is 0. The van der Waals surface area contributed by atoms with Crippen LogP contribution in [0.5, 0.6) is 0 Å². The van der Waals surface area contributed by atoms with Crippen molar-refractivity contribution in [1.82, 2.24) is 9.97 Å². The summed E-state index contributed by atoms with van der Waals surface area (Å²) in [6.45, 7) is 1.85. The van der Waals surface area contributed by atoms with Gasteiger partial charge < -0.3 is 10.8 Å². The third-order valence-corrected chi connectivity index (χ3v) is 3.79. The van der Waals surface area contributed by atoms with Crippen LogP contribution in [0.3, 0.4) is 0 Å². The van der Waals surface area contributed by atoms with Crippen molar-refractivity contribution in [2.45, 2.75) is 23.9 Å². The molecule has 0 spiro atoms. The Labute approximate surface area is 111 Å². The van der Waals surface area contributed by atoms with E-state index in [2.05, 4.69) is 9.97 Å². The highest BCUT2D eigenvalue weighted by Crippen LogP contribution is 2.25. The lowest BCUT2D eigenvalue weighted by Gasteiger charge is -2.20. The van der Waals surface area contributed by atoms with Gasteiger partial charge in [0.15, 0.2) is 0 Å². The van der Waals surface area contributed by atoms with Crippen LogP contribution < -0.4 is 5.73 Å². The molecule has 0 fully saturated rings. The quantitative estimate of drug-likeness (QED) is 0.636. The van der Waals surface area contributed by atoms with Gasteiger partial charge in [0, 0.05) is 16.7 Å². The molecule has 4 nitrogen and oxygen atoms in total. The highest BCUT2D eigenvalue weighted by molar-refractivity contribution is 7.99. The van der Waals surface area contributed by atoms with Gasteiger partial charge in [-0.2, -0.15) is 0 Å². The minimum Gasteiger partial charge on any atom is -0.394 e. The lowest BCUT2D eigenvalue weighted by molar-refractivity contribution is 0.206. The lowest BCUT2D eigenvalue weighted by Crippen LogP contribution is -2.40. The Kier molecular flexibility index (Phi) is 4.16. The lowest BCUT2D eigenvalue weighted by atomic mass is 10.0. The molecule has 0 aliphatic carbocycles. The van der Waals surface area contributed by atoms with E-state index in [4.69, 9.17) is 10.8 Å². The third-order valence-electron chi connectivity index (χ3n) is 2.78. The van der Waals surface area contributed by atoms with Gasteiger partial charge in [-0.05, 0) is 19.4 Å². The van der Waals surface area contributed by atoms with Gasteiger partial charge in [0.1, 0.15) is 11.4 Å². The number of aliphatic hydroxyl groups is 1. The number of rotatable bonds is 5. The number of nitrogens with zero attached hydrogens (tertiary/aromatic N) is 2. The SMILES string of the molecule is CC(N)(CO)CCSc1ncnc2ccccc12. The summed E-state index contributed by atoms with van der Waals surface area (Å²) in [6, 6.07) is 7.94. The number of hydrogen-bond donors (Lipinski definition) is 2. The van der Waals surface area contributed by atoms with Crippen LogP contribution >= 0.6 is 11.8 Å². The molecule has 1 aromatic carbocycles. The molecule has 0 amide bonds. The Bertz CT molecular complexity index is 525. The average molecular weight is 263 g/mol. The van der Waals surface area contributed by atoms with Crippen LogP contribution in [0.4, 0.5) is 0 Å². The Hall–Kier alpha value is -1.17. The summed E-state index contributed by atoms with van der Waals surface area (Å²) in [6.07, 6.45) is 2.32. The minimum atomic E-state index is -0.518. The molecule has 0 saturated carbocycles. The van der Waals surface area contributed by atoms with Gasteiger partial charge in [-0.1, -0.05) is 18.2 Å². The molecule has 18 heavy (non-hydrogen) atoms. The minimum absolute atomic E-state index is 0.00190. The van der Waals surface area contributed by atoms with Crippen molar-refractivity contribution in [3.05, 3.63) is 30.6 Å². The summed E-state index contributed by atoms with van der Waals surface area (Å²) in [7, 11) is 0. The van der Waals surface area contributed by atoms with Crippen LogP contribution in [0.2, 0.25) is 0 Å². The molecular formula is C13H17N3OS. The zero-order valence-electron chi connectivity index (χ0n) is 10.3. The molecule has 1 aromatic heterocycles. The summed E-state index contributed by atoms with van der Waals surface area (Å²) >= 11 is 1.65. The Morgan fingerprint density at radius 3 is 2.89 bits per heavy atom. The fourth-order valence-corrected chi connectivity index (χ4v) is 2.77. The van der Waals surface area contributed by atoms with E-state index in [1.165, 1.54) is 0 Å². The largest absolute Gasteiger partial charge is 0.394 e. The van der Waals surface area contributed by atoms with Crippen molar-refractivity contribution in [3.8, 4) is 0 Å². The maximum Gasteiger partial charge on any atom is 0.117 e. The van der Waals surface area contributed by atoms with Gasteiger partial charge in [0.05, 0.1) is 12.1 Å². The molecule has 0 saturated heterocycles. The predicted molar refractivity (Wildman–Crippen MR) is 74.6 cm³/mol. The molecule has 0 radical (unpaired) electrons. The molecule has 2 aromatic rings. The molecule has 96 valence electrons. The molecule has 1 unspecified atom stereocenters. The summed E-state index contributed by atoms with van der Waals surface area (Å²) in [5.41, 5.74) is 6.33. The molecule has 0 aliphatic rings. The zero-order valence-corrected chi connectivity index (χ0v) is 11.2. The van der Waals surface area contributed by atoms with Crippen LogP contribution in [-0.4, -0.2) is 33.0 Å². The van der Waals surface area contributed by atoms with Gasteiger partial charge in [-0.25, -0.2) is 9.97 Å². The molecular weight excluding hydrogens is 246 g/mol. The number of nitrogens with two attached hydrogens (primary N) is 1. The van der Waals surface area contributed by atoms with Crippen molar-refractivity contribution in [1.29, 1.82) is 0 Å². The van der Waals surface area contributed by atoms with Gasteiger partial charge in [-0.3, -0.25) is 0 Å². The first-order valence-corrected chi connectivity index (χ1v) is 6.83. The predicted octanol–water partition coefficient (Wildman–Crippen LogP) is 1.82. The second-order valence-corrected chi connectivity index (χ2v) is 5.69. The number of hydrogen-bond acceptors (Lipinski definition) is 5. The van der Waals surface area contributed by atoms with E-state index < -0.39 is 5.54 Å². The first-order valence-electron chi connectivity index (χ1n) is 5.85. The normalized spacial score (nSPS) is 14.6. The van der Waals surface area contributed by atoms with Crippen molar-refractivity contribution in [3.63, 3.8) is 0 Å². The summed E-state index contributed by atoms with van der Waals surface area (Å²) in [5, 5.41) is 11.1. The fraction of sp³-hybridized carbons (Fsp3) is 0.385. The molecule has 1 atom stereocenters. The van der Waals surface area contributed by atoms with Crippen LogP contribution in [0.1, 0.15) is 13.3 Å². The Morgan fingerprint density at radius 2 is 2.11 bits per heavy atom. The standard InChI is InChI=1S/C13H17N3OS/c1-13(14,8-17)6-7-18-12-10-4-2-3-5-11(10)15-9-16-12/h2-5,9,17H,6-8,14H2,1H3. The number of thioether (sulfide) groups is 1. The van der Waals surface area contributed by atoms with Crippen molar-refractivity contribution < 1.29 is 5.11 Å². The molecule has 0 aliphatic heterocycles. The number of aromatic nitrogens is 2. The maximum atomic E-state index is 9.10. The Morgan fingerprint density at radius 1 is 1.33 bits per heavy atom. The maximum absolute atomic E-state index is 9.10. The molecule has 3 N–H and O–H groups in total. The van der Waals surface area contributed by atoms with Crippen LogP contribution in [-0.2, 0) is 0 Å². The monoisotopic (exact) mass is 263 g/mol. The molecule has 5 heteroatoms. The Balaban J connectivity index is 2.08. The van der Waals surface area contributed by atoms with Crippen molar-refractivity contribution in [2.24, 2.45) is 5.73 Å². The number of aliphatic hydroxyl groups excluding tert-OH is 1. The van der Waals surface area contributed by atoms with E-state index in [-0.39, 0.29) is 6.61 Å². The van der Waals surface area contributed by atoms with E-state index in [1.807, 2.05) is 31.2 Å². The highest BCUT2D eigenvalue weighted by atomic mass is 32.2. The molecule has 2 rings (SSSR count). The average Bonchev–Trinajstić information content (AvgIpc) is 2.39. The van der Waals surface area contributed by atoms with Gasteiger partial charge >= 0.3 is 0 Å². The number of benzene rings is 1. The zero-order chi connectivity index (χ0) is 13.0. The van der Waals surface area contributed by atoms with E-state index in [0.29, 0.717) is 0 Å². The first-order chi connectivity index (χ1) is 8.62. The third kappa shape index (κ3) is 3.19. The molecule has 1 heterocycles. The van der Waals surface area contributed by atoms with E-state index in [1.54, 1.807) is 18.1 Å². The second-order valence-electron chi connectivity index (χ2n) is 4.61.